The van der Waals surface area contributed by atoms with Gasteiger partial charge in [-0.1, -0.05) is 25.1 Å². The Balaban J connectivity index is 2.60. The van der Waals surface area contributed by atoms with Crippen molar-refractivity contribution in [3.63, 3.8) is 0 Å². The molecule has 0 saturated heterocycles. The molecule has 4 heteroatoms. The molecule has 0 fully saturated rings. The number of ether oxygens (including phenoxy) is 1. The number of aliphatic hydroxyl groups is 1. The highest BCUT2D eigenvalue weighted by molar-refractivity contribution is 5.80. The molecule has 0 spiro atoms. The van der Waals surface area contributed by atoms with Crippen LogP contribution in [0.2, 0.25) is 0 Å². The van der Waals surface area contributed by atoms with Gasteiger partial charge in [-0.05, 0) is 19.4 Å². The first-order chi connectivity index (χ1) is 8.19. The van der Waals surface area contributed by atoms with E-state index in [0.717, 1.165) is 6.42 Å². The lowest BCUT2D eigenvalue weighted by Crippen LogP contribution is -2.36. The van der Waals surface area contributed by atoms with Crippen molar-refractivity contribution in [2.45, 2.75) is 33.0 Å². The predicted octanol–water partition coefficient (Wildman–Crippen LogP) is 1.47. The zero-order valence-corrected chi connectivity index (χ0v) is 10.3. The Morgan fingerprint density at radius 2 is 2.18 bits per heavy atom. The standard InChI is InChI=1S/C13H19NO3/c1-3-8-14-13(16)10(2)17-12-7-5-4-6-11(12)9-15/h4-7,10,15H,3,8-9H2,1-2H3,(H,14,16). The molecule has 2 N–H and O–H groups in total. The lowest BCUT2D eigenvalue weighted by molar-refractivity contribution is -0.127. The van der Waals surface area contributed by atoms with E-state index in [2.05, 4.69) is 5.32 Å². The Bertz CT molecular complexity index is 365. The molecule has 94 valence electrons. The number of benzene rings is 1. The van der Waals surface area contributed by atoms with Gasteiger partial charge in [0.15, 0.2) is 6.10 Å². The first-order valence-electron chi connectivity index (χ1n) is 5.82. The third-order valence-corrected chi connectivity index (χ3v) is 2.37. The van der Waals surface area contributed by atoms with Gasteiger partial charge in [-0.25, -0.2) is 0 Å². The van der Waals surface area contributed by atoms with E-state index in [-0.39, 0.29) is 12.5 Å². The number of carbonyl (C=O) groups is 1. The summed E-state index contributed by atoms with van der Waals surface area (Å²) < 4.78 is 5.52. The molecular formula is C13H19NO3. The van der Waals surface area contributed by atoms with Crippen LogP contribution in [0.1, 0.15) is 25.8 Å². The van der Waals surface area contributed by atoms with Crippen molar-refractivity contribution in [1.29, 1.82) is 0 Å². The first-order valence-corrected chi connectivity index (χ1v) is 5.82. The van der Waals surface area contributed by atoms with Crippen LogP contribution in [0.15, 0.2) is 24.3 Å². The maximum atomic E-state index is 11.6. The van der Waals surface area contributed by atoms with Crippen molar-refractivity contribution < 1.29 is 14.6 Å². The number of para-hydroxylation sites is 1. The number of hydrogen-bond acceptors (Lipinski definition) is 3. The minimum Gasteiger partial charge on any atom is -0.481 e. The molecular weight excluding hydrogens is 218 g/mol. The molecule has 0 saturated carbocycles. The van der Waals surface area contributed by atoms with E-state index in [4.69, 9.17) is 9.84 Å². The average Bonchev–Trinajstić information content (AvgIpc) is 2.36. The van der Waals surface area contributed by atoms with Crippen LogP contribution in [-0.4, -0.2) is 23.7 Å². The molecule has 0 radical (unpaired) electrons. The zero-order valence-electron chi connectivity index (χ0n) is 10.3. The van der Waals surface area contributed by atoms with Gasteiger partial charge in [-0.2, -0.15) is 0 Å². The van der Waals surface area contributed by atoms with Gasteiger partial charge in [0.1, 0.15) is 5.75 Å². The molecule has 1 amide bonds. The van der Waals surface area contributed by atoms with Gasteiger partial charge in [-0.3, -0.25) is 4.79 Å². The number of rotatable bonds is 6. The summed E-state index contributed by atoms with van der Waals surface area (Å²) in [4.78, 5) is 11.6. The third-order valence-electron chi connectivity index (χ3n) is 2.37. The van der Waals surface area contributed by atoms with Crippen LogP contribution >= 0.6 is 0 Å². The Hall–Kier alpha value is -1.55. The Morgan fingerprint density at radius 1 is 1.47 bits per heavy atom. The van der Waals surface area contributed by atoms with E-state index in [1.165, 1.54) is 0 Å². The van der Waals surface area contributed by atoms with Crippen molar-refractivity contribution >= 4 is 5.91 Å². The van der Waals surface area contributed by atoms with Crippen LogP contribution in [-0.2, 0) is 11.4 Å². The second-order valence-electron chi connectivity index (χ2n) is 3.82. The molecule has 4 nitrogen and oxygen atoms in total. The summed E-state index contributed by atoms with van der Waals surface area (Å²) in [6.07, 6.45) is 0.334. The van der Waals surface area contributed by atoms with E-state index < -0.39 is 6.10 Å². The Kier molecular flexibility index (Phi) is 5.49. The summed E-state index contributed by atoms with van der Waals surface area (Å²) in [7, 11) is 0. The fourth-order valence-corrected chi connectivity index (χ4v) is 1.39. The van der Waals surface area contributed by atoms with Crippen LogP contribution in [0, 0.1) is 0 Å². The van der Waals surface area contributed by atoms with E-state index in [0.29, 0.717) is 17.9 Å². The molecule has 1 aromatic rings. The first kappa shape index (κ1) is 13.5. The number of hydrogen-bond donors (Lipinski definition) is 2. The summed E-state index contributed by atoms with van der Waals surface area (Å²) in [6.45, 7) is 4.24. The van der Waals surface area contributed by atoms with Crippen LogP contribution in [0.5, 0.6) is 5.75 Å². The smallest absolute Gasteiger partial charge is 0.260 e. The molecule has 0 heterocycles. The molecule has 0 aliphatic rings. The van der Waals surface area contributed by atoms with Gasteiger partial charge >= 0.3 is 0 Å². The largest absolute Gasteiger partial charge is 0.481 e. The van der Waals surface area contributed by atoms with Gasteiger partial charge in [0.05, 0.1) is 6.61 Å². The second-order valence-corrected chi connectivity index (χ2v) is 3.82. The molecule has 1 atom stereocenters. The highest BCUT2D eigenvalue weighted by Gasteiger charge is 2.15. The summed E-state index contributed by atoms with van der Waals surface area (Å²) in [5.74, 6) is 0.411. The lowest BCUT2D eigenvalue weighted by atomic mass is 10.2. The quantitative estimate of drug-likeness (QED) is 0.787. The molecule has 0 aliphatic carbocycles. The molecule has 17 heavy (non-hydrogen) atoms. The molecule has 0 aromatic heterocycles. The topological polar surface area (TPSA) is 58.6 Å². The van der Waals surface area contributed by atoms with E-state index in [1.807, 2.05) is 19.1 Å². The highest BCUT2D eigenvalue weighted by atomic mass is 16.5. The normalized spacial score (nSPS) is 11.9. The van der Waals surface area contributed by atoms with E-state index in [9.17, 15) is 4.79 Å². The predicted molar refractivity (Wildman–Crippen MR) is 65.8 cm³/mol. The second kappa shape index (κ2) is 6.91. The molecule has 1 aromatic carbocycles. The molecule has 1 unspecified atom stereocenters. The molecule has 1 rings (SSSR count). The maximum absolute atomic E-state index is 11.6. The highest BCUT2D eigenvalue weighted by Crippen LogP contribution is 2.19. The summed E-state index contributed by atoms with van der Waals surface area (Å²) in [5.41, 5.74) is 0.683. The zero-order chi connectivity index (χ0) is 12.7. The van der Waals surface area contributed by atoms with Crippen LogP contribution in [0.3, 0.4) is 0 Å². The van der Waals surface area contributed by atoms with Gasteiger partial charge in [0, 0.05) is 12.1 Å². The monoisotopic (exact) mass is 237 g/mol. The summed E-state index contributed by atoms with van der Waals surface area (Å²) in [5, 5.41) is 11.9. The van der Waals surface area contributed by atoms with Gasteiger partial charge in [-0.15, -0.1) is 0 Å². The average molecular weight is 237 g/mol. The Labute approximate surface area is 102 Å². The SMILES string of the molecule is CCCNC(=O)C(C)Oc1ccccc1CO. The minimum absolute atomic E-state index is 0.0977. The maximum Gasteiger partial charge on any atom is 0.260 e. The number of amides is 1. The summed E-state index contributed by atoms with van der Waals surface area (Å²) in [6, 6.07) is 7.15. The molecule has 0 bridgehead atoms. The Morgan fingerprint density at radius 3 is 2.82 bits per heavy atom. The fraction of sp³-hybridized carbons (Fsp3) is 0.462. The number of nitrogens with one attached hydrogen (secondary N) is 1. The van der Waals surface area contributed by atoms with Crippen molar-refractivity contribution in [2.75, 3.05) is 6.54 Å². The minimum atomic E-state index is -0.561. The van der Waals surface area contributed by atoms with Crippen molar-refractivity contribution in [3.8, 4) is 5.75 Å². The van der Waals surface area contributed by atoms with Crippen molar-refractivity contribution in [3.05, 3.63) is 29.8 Å². The van der Waals surface area contributed by atoms with Gasteiger partial charge in [0.2, 0.25) is 0 Å². The van der Waals surface area contributed by atoms with E-state index >= 15 is 0 Å². The van der Waals surface area contributed by atoms with Crippen LogP contribution in [0.4, 0.5) is 0 Å². The third kappa shape index (κ3) is 4.07. The van der Waals surface area contributed by atoms with Crippen LogP contribution in [0.25, 0.3) is 0 Å². The number of carbonyl (C=O) groups excluding carboxylic acids is 1. The number of aliphatic hydroxyl groups excluding tert-OH is 1. The van der Waals surface area contributed by atoms with Gasteiger partial charge < -0.3 is 15.2 Å². The molecule has 0 aliphatic heterocycles. The van der Waals surface area contributed by atoms with Crippen molar-refractivity contribution in [1.82, 2.24) is 5.32 Å². The lowest BCUT2D eigenvalue weighted by Gasteiger charge is -2.16. The van der Waals surface area contributed by atoms with E-state index in [1.54, 1.807) is 19.1 Å². The summed E-state index contributed by atoms with van der Waals surface area (Å²) >= 11 is 0. The van der Waals surface area contributed by atoms with Gasteiger partial charge in [0.25, 0.3) is 5.91 Å². The fourth-order valence-electron chi connectivity index (χ4n) is 1.39. The van der Waals surface area contributed by atoms with Crippen LogP contribution < -0.4 is 10.1 Å². The van der Waals surface area contributed by atoms with Crippen molar-refractivity contribution in [2.24, 2.45) is 0 Å².